The van der Waals surface area contributed by atoms with E-state index in [9.17, 15) is 4.79 Å². The summed E-state index contributed by atoms with van der Waals surface area (Å²) in [5, 5.41) is 12.5. The first-order valence-electron chi connectivity index (χ1n) is 11.1. The summed E-state index contributed by atoms with van der Waals surface area (Å²) in [5.41, 5.74) is 1.37. The van der Waals surface area contributed by atoms with Crippen molar-refractivity contribution >= 4 is 34.5 Å². The van der Waals surface area contributed by atoms with Crippen LogP contribution < -0.4 is 15.4 Å². The number of hydrogen-bond donors (Lipinski definition) is 2. The molecular formula is C23H32N6O2S. The molecule has 172 valence electrons. The molecular weight excluding hydrogens is 424 g/mol. The second-order valence-corrected chi connectivity index (χ2v) is 8.86. The molecule has 3 aromatic rings. The summed E-state index contributed by atoms with van der Waals surface area (Å²) in [4.78, 5) is 21.9. The predicted molar refractivity (Wildman–Crippen MR) is 130 cm³/mol. The number of amides is 1. The van der Waals surface area contributed by atoms with E-state index in [0.29, 0.717) is 31.2 Å². The van der Waals surface area contributed by atoms with Gasteiger partial charge < -0.3 is 15.4 Å². The number of anilines is 1. The number of carbonyl (C=O) groups is 1. The number of aromatic nitrogens is 4. The second-order valence-electron chi connectivity index (χ2n) is 7.80. The minimum absolute atomic E-state index is 0.127. The molecule has 32 heavy (non-hydrogen) atoms. The first kappa shape index (κ1) is 23.8. The van der Waals surface area contributed by atoms with Gasteiger partial charge in [-0.2, -0.15) is 5.10 Å². The van der Waals surface area contributed by atoms with Crippen LogP contribution in [0.15, 0.2) is 35.6 Å². The van der Waals surface area contributed by atoms with Gasteiger partial charge in [0, 0.05) is 24.4 Å². The average molecular weight is 457 g/mol. The highest BCUT2D eigenvalue weighted by molar-refractivity contribution is 7.99. The Hall–Kier alpha value is -2.81. The molecule has 3 rings (SSSR count). The van der Waals surface area contributed by atoms with Crippen LogP contribution in [0.5, 0.6) is 5.75 Å². The number of carbonyl (C=O) groups excluding carboxylic acids is 1. The fourth-order valence-electron chi connectivity index (χ4n) is 3.04. The van der Waals surface area contributed by atoms with Crippen molar-refractivity contribution in [3.05, 3.63) is 36.0 Å². The average Bonchev–Trinajstić information content (AvgIpc) is 3.19. The van der Waals surface area contributed by atoms with Gasteiger partial charge in [-0.15, -0.1) is 0 Å². The highest BCUT2D eigenvalue weighted by Crippen LogP contribution is 2.25. The summed E-state index contributed by atoms with van der Waals surface area (Å²) in [7, 11) is 0. The number of thioether (sulfide) groups is 1. The molecule has 0 spiro atoms. The van der Waals surface area contributed by atoms with Crippen molar-refractivity contribution in [1.29, 1.82) is 0 Å². The Balaban J connectivity index is 1.69. The Bertz CT molecular complexity index is 1020. The van der Waals surface area contributed by atoms with Crippen LogP contribution in [0, 0.1) is 5.92 Å². The van der Waals surface area contributed by atoms with Crippen LogP contribution in [0.1, 0.15) is 44.5 Å². The van der Waals surface area contributed by atoms with Crippen molar-refractivity contribution in [2.45, 2.75) is 45.8 Å². The first-order valence-corrected chi connectivity index (χ1v) is 12.1. The topological polar surface area (TPSA) is 94.0 Å². The molecule has 9 heteroatoms. The maximum absolute atomic E-state index is 12.5. The van der Waals surface area contributed by atoms with Gasteiger partial charge >= 0.3 is 0 Å². The molecule has 0 fully saturated rings. The number of rotatable bonds is 12. The lowest BCUT2D eigenvalue weighted by molar-refractivity contribution is 0.0952. The van der Waals surface area contributed by atoms with Gasteiger partial charge in [-0.1, -0.05) is 32.5 Å². The largest absolute Gasteiger partial charge is 0.494 e. The summed E-state index contributed by atoms with van der Waals surface area (Å²) < 4.78 is 7.25. The standard InChI is InChI=1S/C23H32N6O2S/c1-5-13-32-23-27-20(25-14-16(3)4)19-15-26-29(21(19)28-23)12-11-24-22(30)17-7-9-18(10-8-17)31-6-2/h7-10,15-16H,5-6,11-14H2,1-4H3,(H,24,30)(H,25,27,28). The number of nitrogens with zero attached hydrogens (tertiary/aromatic N) is 4. The molecule has 0 aliphatic rings. The smallest absolute Gasteiger partial charge is 0.251 e. The SMILES string of the molecule is CCCSc1nc(NCC(C)C)c2cnn(CCNC(=O)c3ccc(OCC)cc3)c2n1. The highest BCUT2D eigenvalue weighted by atomic mass is 32.2. The lowest BCUT2D eigenvalue weighted by Gasteiger charge is -2.11. The van der Waals surface area contributed by atoms with Gasteiger partial charge in [-0.3, -0.25) is 4.79 Å². The van der Waals surface area contributed by atoms with E-state index in [-0.39, 0.29) is 5.91 Å². The lowest BCUT2D eigenvalue weighted by atomic mass is 10.2. The molecule has 2 heterocycles. The molecule has 0 bridgehead atoms. The van der Waals surface area contributed by atoms with Gasteiger partial charge in [-0.05, 0) is 43.5 Å². The van der Waals surface area contributed by atoms with Crippen molar-refractivity contribution < 1.29 is 9.53 Å². The summed E-state index contributed by atoms with van der Waals surface area (Å²) in [6.45, 7) is 10.8. The monoisotopic (exact) mass is 456 g/mol. The van der Waals surface area contributed by atoms with Crippen molar-refractivity contribution in [1.82, 2.24) is 25.1 Å². The minimum atomic E-state index is -0.127. The predicted octanol–water partition coefficient (Wildman–Crippen LogP) is 4.23. The van der Waals surface area contributed by atoms with Gasteiger partial charge in [-0.25, -0.2) is 14.6 Å². The van der Waals surface area contributed by atoms with Gasteiger partial charge in [0.25, 0.3) is 5.91 Å². The fraction of sp³-hybridized carbons (Fsp3) is 0.478. The maximum atomic E-state index is 12.5. The summed E-state index contributed by atoms with van der Waals surface area (Å²) in [5.74, 6) is 2.90. The van der Waals surface area contributed by atoms with Crippen molar-refractivity contribution in [3.8, 4) is 5.75 Å². The van der Waals surface area contributed by atoms with E-state index in [1.165, 1.54) is 0 Å². The molecule has 8 nitrogen and oxygen atoms in total. The molecule has 2 aromatic heterocycles. The van der Waals surface area contributed by atoms with E-state index in [2.05, 4.69) is 36.5 Å². The third kappa shape index (κ3) is 6.35. The van der Waals surface area contributed by atoms with Crippen LogP contribution in [0.3, 0.4) is 0 Å². The third-order valence-corrected chi connectivity index (χ3v) is 5.68. The summed E-state index contributed by atoms with van der Waals surface area (Å²) in [6.07, 6.45) is 2.85. The molecule has 1 aromatic carbocycles. The van der Waals surface area contributed by atoms with Crippen LogP contribution in [0.4, 0.5) is 5.82 Å². The molecule has 0 saturated heterocycles. The third-order valence-electron chi connectivity index (χ3n) is 4.63. The number of nitrogens with one attached hydrogen (secondary N) is 2. The van der Waals surface area contributed by atoms with E-state index >= 15 is 0 Å². The molecule has 0 unspecified atom stereocenters. The Morgan fingerprint density at radius 1 is 1.19 bits per heavy atom. The minimum Gasteiger partial charge on any atom is -0.494 e. The molecule has 2 N–H and O–H groups in total. The van der Waals surface area contributed by atoms with Crippen molar-refractivity contribution in [2.24, 2.45) is 5.92 Å². The van der Waals surface area contributed by atoms with E-state index in [4.69, 9.17) is 14.7 Å². The van der Waals surface area contributed by atoms with E-state index in [1.807, 2.05) is 11.6 Å². The normalized spacial score (nSPS) is 11.2. The molecule has 0 aliphatic heterocycles. The molecule has 0 atom stereocenters. The van der Waals surface area contributed by atoms with E-state index < -0.39 is 0 Å². The number of hydrogen-bond acceptors (Lipinski definition) is 7. The highest BCUT2D eigenvalue weighted by Gasteiger charge is 2.14. The zero-order valence-electron chi connectivity index (χ0n) is 19.2. The van der Waals surface area contributed by atoms with Gasteiger partial charge in [0.2, 0.25) is 0 Å². The van der Waals surface area contributed by atoms with Crippen molar-refractivity contribution in [2.75, 3.05) is 30.8 Å². The van der Waals surface area contributed by atoms with Crippen LogP contribution >= 0.6 is 11.8 Å². The molecule has 0 aliphatic carbocycles. The Morgan fingerprint density at radius 2 is 1.97 bits per heavy atom. The first-order chi connectivity index (χ1) is 15.5. The van der Waals surface area contributed by atoms with Crippen LogP contribution in [0.25, 0.3) is 11.0 Å². The lowest BCUT2D eigenvalue weighted by Crippen LogP contribution is -2.27. The Morgan fingerprint density at radius 3 is 2.66 bits per heavy atom. The summed E-state index contributed by atoms with van der Waals surface area (Å²) in [6, 6.07) is 7.14. The maximum Gasteiger partial charge on any atom is 0.251 e. The molecule has 0 radical (unpaired) electrons. The van der Waals surface area contributed by atoms with Gasteiger partial charge in [0.15, 0.2) is 10.8 Å². The Labute approximate surface area is 193 Å². The zero-order chi connectivity index (χ0) is 22.9. The number of fused-ring (bicyclic) bond motifs is 1. The molecule has 1 amide bonds. The summed E-state index contributed by atoms with van der Waals surface area (Å²) >= 11 is 1.64. The van der Waals surface area contributed by atoms with Gasteiger partial charge in [0.1, 0.15) is 11.6 Å². The number of benzene rings is 1. The number of ether oxygens (including phenoxy) is 1. The fourth-order valence-corrected chi connectivity index (χ4v) is 3.73. The van der Waals surface area contributed by atoms with Crippen molar-refractivity contribution in [3.63, 3.8) is 0 Å². The van der Waals surface area contributed by atoms with E-state index in [1.54, 1.807) is 42.2 Å². The van der Waals surface area contributed by atoms with E-state index in [0.717, 1.165) is 46.5 Å². The molecule has 0 saturated carbocycles. The second kappa shape index (κ2) is 11.7. The van der Waals surface area contributed by atoms with Crippen LogP contribution in [0.2, 0.25) is 0 Å². The van der Waals surface area contributed by atoms with Gasteiger partial charge in [0.05, 0.1) is 24.7 Å². The Kier molecular flexibility index (Phi) is 8.72. The van der Waals surface area contributed by atoms with Crippen LogP contribution in [-0.2, 0) is 6.54 Å². The zero-order valence-corrected chi connectivity index (χ0v) is 20.0. The quantitative estimate of drug-likeness (QED) is 0.311. The van der Waals surface area contributed by atoms with Crippen LogP contribution in [-0.4, -0.2) is 51.1 Å².